The lowest BCUT2D eigenvalue weighted by Gasteiger charge is -2.30. The van der Waals surface area contributed by atoms with Crippen LogP contribution in [0.3, 0.4) is 0 Å². The molecular weight excluding hydrogens is 1220 g/mol. The number of hydrogen-bond acceptors (Lipinski definition) is 18. The molecule has 25 heteroatoms. The van der Waals surface area contributed by atoms with Crippen LogP contribution in [0.4, 0.5) is 5.69 Å². The number of imide groups is 1. The van der Waals surface area contributed by atoms with Gasteiger partial charge in [0.05, 0.1) is 12.7 Å². The van der Waals surface area contributed by atoms with Gasteiger partial charge in [-0.05, 0) is 120 Å². The van der Waals surface area contributed by atoms with Gasteiger partial charge in [0.15, 0.2) is 0 Å². The number of unbranched alkanes of at least 4 members (excludes halogenated alkanes) is 2. The topological polar surface area (TPSA) is 297 Å². The monoisotopic (exact) mass is 1330 g/mol. The van der Waals surface area contributed by atoms with Crippen LogP contribution in [0.15, 0.2) is 60.8 Å². The Bertz CT molecular complexity index is 2590. The van der Waals surface area contributed by atoms with Gasteiger partial charge in [0.2, 0.25) is 41.4 Å². The third-order valence-corrected chi connectivity index (χ3v) is 16.1. The van der Waals surface area contributed by atoms with Gasteiger partial charge in [-0.15, -0.1) is 5.10 Å². The number of carbonyl (C=O) groups is 7. The average Bonchev–Trinajstić information content (AvgIpc) is 1.80. The van der Waals surface area contributed by atoms with Crippen LogP contribution in [-0.2, 0) is 95.7 Å². The van der Waals surface area contributed by atoms with Gasteiger partial charge in [-0.2, -0.15) is 0 Å². The molecule has 3 aromatic rings. The van der Waals surface area contributed by atoms with E-state index in [9.17, 15) is 33.6 Å². The lowest BCUT2D eigenvalue weighted by atomic mass is 9.81. The van der Waals surface area contributed by atoms with Gasteiger partial charge in [-0.25, -0.2) is 0 Å². The molecule has 7 amide bonds. The molecular formula is C70H111N9O16. The lowest BCUT2D eigenvalue weighted by molar-refractivity contribution is -0.140. The number of hydrogen-bond donors (Lipinski definition) is 5. The molecule has 1 aliphatic carbocycles. The van der Waals surface area contributed by atoms with Crippen molar-refractivity contribution in [3.05, 3.63) is 77.6 Å². The molecule has 2 aliphatic rings. The zero-order valence-electron chi connectivity index (χ0n) is 57.0. The van der Waals surface area contributed by atoms with Crippen LogP contribution < -0.4 is 26.6 Å². The van der Waals surface area contributed by atoms with Crippen LogP contribution in [0.2, 0.25) is 0 Å². The van der Waals surface area contributed by atoms with Crippen molar-refractivity contribution in [1.29, 1.82) is 0 Å². The molecule has 3 atom stereocenters. The molecule has 0 spiro atoms. The Balaban J connectivity index is 0.704. The van der Waals surface area contributed by atoms with E-state index in [-0.39, 0.29) is 60.3 Å². The maximum absolute atomic E-state index is 13.7. The van der Waals surface area contributed by atoms with Crippen LogP contribution in [0.25, 0.3) is 0 Å². The number of amides is 7. The number of aromatic nitrogens is 3. The molecule has 95 heavy (non-hydrogen) atoms. The first-order valence-electron chi connectivity index (χ1n) is 34.9. The third kappa shape index (κ3) is 36.0. The lowest BCUT2D eigenvalue weighted by Crippen LogP contribution is -2.54. The van der Waals surface area contributed by atoms with E-state index >= 15 is 0 Å². The van der Waals surface area contributed by atoms with Gasteiger partial charge in [0.25, 0.3) is 0 Å². The van der Waals surface area contributed by atoms with E-state index in [1.807, 2.05) is 67.7 Å². The van der Waals surface area contributed by atoms with E-state index in [1.165, 1.54) is 4.90 Å². The highest BCUT2D eigenvalue weighted by Gasteiger charge is 2.38. The Kier molecular flexibility index (Phi) is 41.9. The number of aryl methyl sites for hydroxylation is 2. The summed E-state index contributed by atoms with van der Waals surface area (Å²) in [7, 11) is 0. The van der Waals surface area contributed by atoms with E-state index in [1.54, 1.807) is 11.6 Å². The highest BCUT2D eigenvalue weighted by molar-refractivity contribution is 6.03. The smallest absolute Gasteiger partial charge is 0.246 e. The second-order valence-corrected chi connectivity index (χ2v) is 24.5. The number of carbonyl (C=O) groups excluding carboxylic acids is 7. The molecule has 5 rings (SSSR count). The molecule has 532 valence electrons. The SMILES string of the molecule is CCCCCC(NC(=O)C(Cc1ccccc1)NC(=O)COCC(=O)NCCCOCCCOCCCOCCCOCCCOCCCOCCCOCCCOCCCn1cc(CNC(=O)C2CCC(CN3C(=O)CC(C)C3=O)CC2)nn1)C(=O)Nc1ccc(C)cc1. The number of nitrogens with zero attached hydrogens (tertiary/aromatic N) is 4. The van der Waals surface area contributed by atoms with Crippen LogP contribution in [0.1, 0.15) is 146 Å². The normalized spacial score (nSPS) is 16.2. The number of anilines is 1. The minimum absolute atomic E-state index is 0.0151. The van der Waals surface area contributed by atoms with Gasteiger partial charge >= 0.3 is 0 Å². The van der Waals surface area contributed by atoms with Crippen molar-refractivity contribution in [2.75, 3.05) is 137 Å². The zero-order chi connectivity index (χ0) is 67.8. The number of ether oxygens (including phenoxy) is 9. The third-order valence-electron chi connectivity index (χ3n) is 16.1. The summed E-state index contributed by atoms with van der Waals surface area (Å²) in [5, 5.41) is 22.7. The largest absolute Gasteiger partial charge is 0.381 e. The van der Waals surface area contributed by atoms with E-state index in [0.717, 1.165) is 107 Å². The summed E-state index contributed by atoms with van der Waals surface area (Å²) in [5.74, 6) is -1.92. The summed E-state index contributed by atoms with van der Waals surface area (Å²) in [6.07, 6.45) is 15.7. The first kappa shape index (κ1) is 79.4. The Morgan fingerprint density at radius 3 is 1.62 bits per heavy atom. The highest BCUT2D eigenvalue weighted by Crippen LogP contribution is 2.31. The second-order valence-electron chi connectivity index (χ2n) is 24.5. The molecule has 1 saturated heterocycles. The predicted octanol–water partition coefficient (Wildman–Crippen LogP) is 6.61. The van der Waals surface area contributed by atoms with Crippen molar-refractivity contribution in [2.45, 2.75) is 168 Å². The molecule has 25 nitrogen and oxygen atoms in total. The molecule has 5 N–H and O–H groups in total. The van der Waals surface area contributed by atoms with Crippen molar-refractivity contribution >= 4 is 47.0 Å². The summed E-state index contributed by atoms with van der Waals surface area (Å²) in [4.78, 5) is 91.2. The molecule has 1 aromatic heterocycles. The summed E-state index contributed by atoms with van der Waals surface area (Å²) in [5.41, 5.74) is 3.22. The molecule has 2 aromatic carbocycles. The van der Waals surface area contributed by atoms with Crippen molar-refractivity contribution in [2.24, 2.45) is 17.8 Å². The summed E-state index contributed by atoms with van der Waals surface area (Å²) < 4.78 is 52.8. The van der Waals surface area contributed by atoms with E-state index in [0.29, 0.717) is 163 Å². The fourth-order valence-electron chi connectivity index (χ4n) is 10.7. The Labute approximate surface area is 562 Å². The number of benzene rings is 2. The van der Waals surface area contributed by atoms with Crippen LogP contribution in [0, 0.1) is 24.7 Å². The summed E-state index contributed by atoms with van der Waals surface area (Å²) in [6, 6.07) is 14.9. The fourth-order valence-corrected chi connectivity index (χ4v) is 10.7. The Morgan fingerprint density at radius 2 is 1.09 bits per heavy atom. The molecule has 1 saturated carbocycles. The van der Waals surface area contributed by atoms with Crippen molar-refractivity contribution < 1.29 is 76.2 Å². The van der Waals surface area contributed by atoms with E-state index < -0.39 is 30.5 Å². The molecule has 0 bridgehead atoms. The second kappa shape index (κ2) is 50.1. The Morgan fingerprint density at radius 1 is 0.568 bits per heavy atom. The van der Waals surface area contributed by atoms with E-state index in [4.69, 9.17) is 42.6 Å². The summed E-state index contributed by atoms with van der Waals surface area (Å²) in [6.45, 7) is 16.8. The molecule has 1 aliphatic heterocycles. The van der Waals surface area contributed by atoms with Crippen LogP contribution in [-0.4, -0.2) is 205 Å². The standard InChI is InChI=1S/C70H111N9O16/c1-4-5-7-21-62(68(84)73-60-28-22-55(2)23-29-60)75-69(85)63(49-57-19-8-6-9-20-57)74-65(81)54-95-53-64(80)71-30-10-32-87-34-12-36-89-38-14-40-91-42-16-44-93-46-18-47-94-45-17-43-92-41-15-39-90-37-13-35-88-33-11-31-78-52-61(76-77-78)50-72-67(83)59-26-24-58(25-27-59)51-79-66(82)48-56(3)70(79)86/h6,8-9,19-20,22-23,28-29,52,56,58-59,62-63H,4-5,7,10-18,21,24-27,30-51,53-54H2,1-3H3,(H,71,80)(H,72,83)(H,73,84)(H,74,81)(H,75,85). The van der Waals surface area contributed by atoms with Crippen LogP contribution in [0.5, 0.6) is 0 Å². The highest BCUT2D eigenvalue weighted by atomic mass is 16.5. The minimum Gasteiger partial charge on any atom is -0.381 e. The number of likely N-dealkylation sites (tertiary alicyclic amines) is 1. The van der Waals surface area contributed by atoms with Crippen molar-refractivity contribution in [3.63, 3.8) is 0 Å². The average molecular weight is 1330 g/mol. The maximum atomic E-state index is 13.7. The van der Waals surface area contributed by atoms with Gasteiger partial charge in [0.1, 0.15) is 31.0 Å². The van der Waals surface area contributed by atoms with Crippen LogP contribution >= 0.6 is 0 Å². The fraction of sp³-hybridized carbons (Fsp3) is 0.700. The van der Waals surface area contributed by atoms with Gasteiger partial charge in [-0.3, -0.25) is 43.1 Å². The first-order chi connectivity index (χ1) is 46.4. The maximum Gasteiger partial charge on any atom is 0.246 e. The number of nitrogens with one attached hydrogen (secondary N) is 5. The van der Waals surface area contributed by atoms with Gasteiger partial charge < -0.3 is 69.2 Å². The van der Waals surface area contributed by atoms with Crippen molar-refractivity contribution in [3.8, 4) is 0 Å². The van der Waals surface area contributed by atoms with Crippen molar-refractivity contribution in [1.82, 2.24) is 41.2 Å². The number of rotatable bonds is 56. The molecule has 2 fully saturated rings. The predicted molar refractivity (Wildman–Crippen MR) is 358 cm³/mol. The quantitative estimate of drug-likeness (QED) is 0.0293. The molecule has 3 unspecified atom stereocenters. The molecule has 2 heterocycles. The van der Waals surface area contributed by atoms with E-state index in [2.05, 4.69) is 43.8 Å². The molecule has 0 radical (unpaired) electrons. The first-order valence-corrected chi connectivity index (χ1v) is 34.9. The Hall–Kier alpha value is -6.29. The van der Waals surface area contributed by atoms with Gasteiger partial charge in [0, 0.05) is 156 Å². The minimum atomic E-state index is -0.986. The zero-order valence-corrected chi connectivity index (χ0v) is 57.0. The summed E-state index contributed by atoms with van der Waals surface area (Å²) >= 11 is 0. The van der Waals surface area contributed by atoms with Gasteiger partial charge in [-0.1, -0.05) is 86.4 Å².